The summed E-state index contributed by atoms with van der Waals surface area (Å²) in [7, 11) is 0.753. The minimum Gasteiger partial charge on any atom is -0.423 e. The van der Waals surface area contributed by atoms with Crippen LogP contribution in [0.2, 0.25) is 0 Å². The number of nitrogens with one attached hydrogen (secondary N) is 1. The van der Waals surface area contributed by atoms with Gasteiger partial charge in [-0.3, -0.25) is 4.79 Å². The molecule has 1 aliphatic heterocycles. The Balaban J connectivity index is 1.27. The fourth-order valence-electron chi connectivity index (χ4n) is 4.54. The lowest BCUT2D eigenvalue weighted by Gasteiger charge is -2.26. The number of carbonyl (C=O) groups is 1. The summed E-state index contributed by atoms with van der Waals surface area (Å²) in [5.41, 5.74) is 4.47. The predicted molar refractivity (Wildman–Crippen MR) is 145 cm³/mol. The molecule has 38 heavy (non-hydrogen) atoms. The van der Waals surface area contributed by atoms with Gasteiger partial charge in [0.05, 0.1) is 12.1 Å². The molecule has 0 saturated carbocycles. The molecule has 5 aromatic rings. The molecule has 0 saturated heterocycles. The zero-order valence-corrected chi connectivity index (χ0v) is 20.6. The first-order chi connectivity index (χ1) is 18.5. The lowest BCUT2D eigenvalue weighted by molar-refractivity contribution is -0.117. The third-order valence-corrected chi connectivity index (χ3v) is 6.65. The first-order valence-corrected chi connectivity index (χ1v) is 12.2. The Labute approximate surface area is 219 Å². The van der Waals surface area contributed by atoms with Crippen molar-refractivity contribution in [2.45, 2.75) is 19.1 Å². The third kappa shape index (κ3) is 4.74. The fraction of sp³-hybridized carbons (Fsp3) is 0.143. The Morgan fingerprint density at radius 3 is 2.74 bits per heavy atom. The van der Waals surface area contributed by atoms with Crippen LogP contribution in [0.4, 0.5) is 11.7 Å². The predicted octanol–water partition coefficient (Wildman–Crippen LogP) is 3.19. The molecule has 0 spiro atoms. The quantitative estimate of drug-likeness (QED) is 0.325. The number of likely N-dealkylation sites (N-methyl/N-ethyl adjacent to an activating group) is 1. The first-order valence-electron chi connectivity index (χ1n) is 12.2. The van der Waals surface area contributed by atoms with E-state index in [0.29, 0.717) is 29.9 Å². The Morgan fingerprint density at radius 2 is 1.87 bits per heavy atom. The van der Waals surface area contributed by atoms with Gasteiger partial charge in [0, 0.05) is 24.5 Å². The summed E-state index contributed by atoms with van der Waals surface area (Å²) in [6.07, 6.45) is 0.409. The highest BCUT2D eigenvalue weighted by atomic mass is 16.5. The molecule has 2 aromatic heterocycles. The van der Waals surface area contributed by atoms with E-state index in [4.69, 9.17) is 9.07 Å². The van der Waals surface area contributed by atoms with Gasteiger partial charge in [-0.15, -0.1) is 5.10 Å². The molecular formula is C28H24BN5O4. The molecule has 3 aromatic carbocycles. The Kier molecular flexibility index (Phi) is 6.32. The van der Waals surface area contributed by atoms with Gasteiger partial charge >= 0.3 is 13.1 Å². The maximum atomic E-state index is 13.6. The van der Waals surface area contributed by atoms with Crippen LogP contribution in [0, 0.1) is 0 Å². The van der Waals surface area contributed by atoms with Crippen molar-refractivity contribution in [2.75, 3.05) is 17.3 Å². The molecule has 10 heteroatoms. The van der Waals surface area contributed by atoms with Crippen molar-refractivity contribution < 1.29 is 18.9 Å². The third-order valence-electron chi connectivity index (χ3n) is 6.65. The van der Waals surface area contributed by atoms with Crippen LogP contribution < -0.4 is 15.7 Å². The summed E-state index contributed by atoms with van der Waals surface area (Å²) < 4.78 is 11.3. The Hall–Kier alpha value is -4.54. The lowest BCUT2D eigenvalue weighted by atomic mass is 9.79. The maximum absolute atomic E-state index is 13.6. The van der Waals surface area contributed by atoms with Crippen LogP contribution in [0.1, 0.15) is 11.1 Å². The Bertz CT molecular complexity index is 1610. The van der Waals surface area contributed by atoms with Gasteiger partial charge in [0.1, 0.15) is 11.7 Å². The second-order valence-electron chi connectivity index (χ2n) is 9.16. The second kappa shape index (κ2) is 10.1. The topological polar surface area (TPSA) is 114 Å². The van der Waals surface area contributed by atoms with E-state index in [1.165, 1.54) is 0 Å². The normalized spacial score (nSPS) is 13.4. The molecule has 1 amide bonds. The minimum absolute atomic E-state index is 0.198. The highest BCUT2D eigenvalue weighted by Gasteiger charge is 2.30. The van der Waals surface area contributed by atoms with Gasteiger partial charge in [0.15, 0.2) is 0 Å². The Morgan fingerprint density at radius 1 is 1.05 bits per heavy atom. The van der Waals surface area contributed by atoms with E-state index in [-0.39, 0.29) is 17.8 Å². The number of fused-ring (bicyclic) bond motifs is 2. The van der Waals surface area contributed by atoms with Crippen molar-refractivity contribution in [3.63, 3.8) is 0 Å². The molecule has 0 fully saturated rings. The summed E-state index contributed by atoms with van der Waals surface area (Å²) >= 11 is 0. The molecule has 3 heterocycles. The fourth-order valence-corrected chi connectivity index (χ4v) is 4.54. The zero-order chi connectivity index (χ0) is 26.1. The number of aromatic nitrogens is 3. The van der Waals surface area contributed by atoms with Crippen molar-refractivity contribution in [1.29, 1.82) is 0 Å². The largest absolute Gasteiger partial charge is 0.491 e. The van der Waals surface area contributed by atoms with Crippen molar-refractivity contribution in [3.05, 3.63) is 96.1 Å². The van der Waals surface area contributed by atoms with Crippen LogP contribution in [-0.2, 0) is 22.5 Å². The van der Waals surface area contributed by atoms with Gasteiger partial charge < -0.3 is 24.3 Å². The number of hydrogen-bond donors (Lipinski definition) is 2. The summed E-state index contributed by atoms with van der Waals surface area (Å²) in [6.45, 7) is 0.343. The average molecular weight is 505 g/mol. The van der Waals surface area contributed by atoms with Crippen LogP contribution in [0.5, 0.6) is 0 Å². The van der Waals surface area contributed by atoms with Crippen molar-refractivity contribution in [2.24, 2.45) is 0 Å². The smallest absolute Gasteiger partial charge is 0.423 e. The van der Waals surface area contributed by atoms with Crippen LogP contribution in [-0.4, -0.2) is 46.3 Å². The van der Waals surface area contributed by atoms with Crippen molar-refractivity contribution >= 4 is 41.1 Å². The van der Waals surface area contributed by atoms with E-state index in [0.717, 1.165) is 22.0 Å². The average Bonchev–Trinajstić information content (AvgIpc) is 3.59. The molecule has 0 aliphatic carbocycles. The van der Waals surface area contributed by atoms with E-state index in [2.05, 4.69) is 20.5 Å². The number of rotatable bonds is 7. The summed E-state index contributed by atoms with van der Waals surface area (Å²) in [5.74, 6) is 0.0115. The lowest BCUT2D eigenvalue weighted by Crippen LogP contribution is -2.44. The molecule has 188 valence electrons. The van der Waals surface area contributed by atoms with Gasteiger partial charge in [0.2, 0.25) is 5.91 Å². The van der Waals surface area contributed by atoms with Crippen LogP contribution >= 0.6 is 0 Å². The highest BCUT2D eigenvalue weighted by Crippen LogP contribution is 2.25. The number of nitrogens with zero attached hydrogens (tertiary/aromatic N) is 4. The van der Waals surface area contributed by atoms with Crippen LogP contribution in [0.25, 0.3) is 22.5 Å². The van der Waals surface area contributed by atoms with Crippen molar-refractivity contribution in [3.8, 4) is 11.6 Å². The SMILES string of the molecule is CN(c1nnc(-c2ccc3ccccc3n2)o1)[C@@H](Cc1ccccc1)C(=O)Nc1ccc2c(c1)B(O)OC2. The minimum atomic E-state index is -0.995. The molecule has 0 bridgehead atoms. The van der Waals surface area contributed by atoms with Gasteiger partial charge in [-0.25, -0.2) is 4.98 Å². The van der Waals surface area contributed by atoms with Crippen molar-refractivity contribution in [1.82, 2.24) is 15.2 Å². The summed E-state index contributed by atoms with van der Waals surface area (Å²) in [6, 6.07) is 26.2. The molecule has 0 unspecified atom stereocenters. The van der Waals surface area contributed by atoms with E-state index in [1.54, 1.807) is 24.1 Å². The summed E-state index contributed by atoms with van der Waals surface area (Å²) in [4.78, 5) is 19.9. The first kappa shape index (κ1) is 23.8. The van der Waals surface area contributed by atoms with Gasteiger partial charge in [-0.2, -0.15) is 0 Å². The number of hydrogen-bond acceptors (Lipinski definition) is 8. The standard InChI is InChI=1S/C28H24BN5O4/c1-34(28-33-32-27(38-28)24-14-12-19-9-5-6-10-23(19)31-24)25(15-18-7-3-2-4-8-18)26(35)30-21-13-11-20-17-37-29(36)22(20)16-21/h2-14,16,25,36H,15,17H2,1H3,(H,30,35)/t25-/m0/s1. The summed E-state index contributed by atoms with van der Waals surface area (Å²) in [5, 5.41) is 22.5. The van der Waals surface area contributed by atoms with Gasteiger partial charge in [-0.05, 0) is 40.9 Å². The zero-order valence-electron chi connectivity index (χ0n) is 20.6. The number of para-hydroxylation sites is 1. The molecular weight excluding hydrogens is 481 g/mol. The molecule has 6 rings (SSSR count). The van der Waals surface area contributed by atoms with E-state index < -0.39 is 13.2 Å². The number of carbonyl (C=O) groups excluding carboxylic acids is 1. The van der Waals surface area contributed by atoms with E-state index in [9.17, 15) is 9.82 Å². The number of pyridine rings is 1. The highest BCUT2D eigenvalue weighted by molar-refractivity contribution is 6.61. The number of amides is 1. The maximum Gasteiger partial charge on any atom is 0.491 e. The molecule has 2 N–H and O–H groups in total. The van der Waals surface area contributed by atoms with Gasteiger partial charge in [0.25, 0.3) is 5.89 Å². The number of benzene rings is 3. The molecule has 9 nitrogen and oxygen atoms in total. The van der Waals surface area contributed by atoms with Crippen LogP contribution in [0.15, 0.2) is 89.3 Å². The monoisotopic (exact) mass is 505 g/mol. The van der Waals surface area contributed by atoms with E-state index in [1.807, 2.05) is 72.8 Å². The van der Waals surface area contributed by atoms with Gasteiger partial charge in [-0.1, -0.05) is 65.8 Å². The molecule has 1 aliphatic rings. The second-order valence-corrected chi connectivity index (χ2v) is 9.16. The van der Waals surface area contributed by atoms with Crippen LogP contribution in [0.3, 0.4) is 0 Å². The van der Waals surface area contributed by atoms with E-state index >= 15 is 0 Å². The molecule has 0 radical (unpaired) electrons. The number of anilines is 2. The molecule has 1 atom stereocenters.